The van der Waals surface area contributed by atoms with Crippen LogP contribution in [-0.2, 0) is 39.8 Å². The fourth-order valence-electron chi connectivity index (χ4n) is 6.25. The average Bonchev–Trinajstić information content (AvgIpc) is 3.84. The highest BCUT2D eigenvalue weighted by Crippen LogP contribution is 2.59. The number of ketones is 2. The van der Waals surface area contributed by atoms with Gasteiger partial charge >= 0.3 is 5.97 Å². The van der Waals surface area contributed by atoms with Gasteiger partial charge in [-0.05, 0) is 64.2 Å². The molecule has 1 saturated carbocycles. The van der Waals surface area contributed by atoms with Crippen molar-refractivity contribution in [2.24, 2.45) is 5.92 Å². The third kappa shape index (κ3) is 8.30. The number of carboxylic acid groups (broad SMARTS) is 1. The summed E-state index contributed by atoms with van der Waals surface area (Å²) in [5.41, 5.74) is 1.44. The Morgan fingerprint density at radius 2 is 1.86 bits per heavy atom. The van der Waals surface area contributed by atoms with E-state index in [9.17, 15) is 19.2 Å². The normalized spacial score (nSPS) is 29.5. The van der Waals surface area contributed by atoms with Crippen LogP contribution in [0.3, 0.4) is 0 Å². The summed E-state index contributed by atoms with van der Waals surface area (Å²) in [6.45, 7) is 6.94. The molecule has 2 aliphatic heterocycles. The predicted octanol–water partition coefficient (Wildman–Crippen LogP) is 4.30. The van der Waals surface area contributed by atoms with Gasteiger partial charge in [-0.15, -0.1) is 11.8 Å². The lowest BCUT2D eigenvalue weighted by molar-refractivity contribution is -0.137. The molecular weight excluding hydrogens is 558 g/mol. The number of hydrogen-bond acceptors (Lipinski definition) is 8. The Kier molecular flexibility index (Phi) is 10.7. The lowest BCUT2D eigenvalue weighted by Gasteiger charge is -2.43. The maximum absolute atomic E-state index is 12.9. The van der Waals surface area contributed by atoms with Crippen molar-refractivity contribution < 1.29 is 38.5 Å². The molecule has 42 heavy (non-hydrogen) atoms. The summed E-state index contributed by atoms with van der Waals surface area (Å²) < 4.78 is 18.2. The summed E-state index contributed by atoms with van der Waals surface area (Å²) in [7, 11) is 1.66. The minimum absolute atomic E-state index is 0.0000187. The number of carbonyl (C=O) groups is 4. The van der Waals surface area contributed by atoms with E-state index in [2.05, 4.69) is 32.2 Å². The van der Waals surface area contributed by atoms with Gasteiger partial charge in [-0.25, -0.2) is 0 Å². The quantitative estimate of drug-likeness (QED) is 0.123. The van der Waals surface area contributed by atoms with E-state index in [1.165, 1.54) is 17.3 Å². The van der Waals surface area contributed by atoms with Crippen LogP contribution in [0, 0.1) is 5.92 Å². The first-order chi connectivity index (χ1) is 20.0. The van der Waals surface area contributed by atoms with Gasteiger partial charge in [-0.3, -0.25) is 19.2 Å². The molecule has 6 atom stereocenters. The topological polar surface area (TPSA) is 135 Å². The average molecular weight is 602 g/mol. The van der Waals surface area contributed by atoms with Gasteiger partial charge in [0.25, 0.3) is 0 Å². The lowest BCUT2D eigenvalue weighted by atomic mass is 9.67. The van der Waals surface area contributed by atoms with Crippen molar-refractivity contribution in [3.8, 4) is 0 Å². The number of amides is 1. The first-order valence-electron chi connectivity index (χ1n) is 14.7. The summed E-state index contributed by atoms with van der Waals surface area (Å²) in [5, 5.41) is 11.8. The summed E-state index contributed by atoms with van der Waals surface area (Å²) in [6.07, 6.45) is 4.97. The predicted molar refractivity (Wildman–Crippen MR) is 158 cm³/mol. The highest BCUT2D eigenvalue weighted by molar-refractivity contribution is 8.00. The second-order valence-electron chi connectivity index (χ2n) is 12.2. The molecule has 10 heteroatoms. The summed E-state index contributed by atoms with van der Waals surface area (Å²) >= 11 is 1.35. The number of ether oxygens (including phenoxy) is 3. The number of rotatable bonds is 16. The molecule has 2 saturated heterocycles. The molecule has 3 fully saturated rings. The van der Waals surface area contributed by atoms with Crippen LogP contribution in [-0.4, -0.2) is 77.5 Å². The molecule has 1 spiro atoms. The minimum atomic E-state index is -0.901. The number of epoxide rings is 2. The fraction of sp³-hybridized carbons (Fsp3) is 0.625. The largest absolute Gasteiger partial charge is 0.481 e. The zero-order valence-corrected chi connectivity index (χ0v) is 25.8. The van der Waals surface area contributed by atoms with Crippen molar-refractivity contribution >= 4 is 35.2 Å². The van der Waals surface area contributed by atoms with Crippen molar-refractivity contribution in [2.75, 3.05) is 19.5 Å². The van der Waals surface area contributed by atoms with E-state index in [1.807, 2.05) is 24.3 Å². The molecule has 3 aliphatic rings. The number of nitrogens with one attached hydrogen (secondary N) is 1. The van der Waals surface area contributed by atoms with Gasteiger partial charge in [0.2, 0.25) is 5.91 Å². The molecular formula is C32H43NO8S. The van der Waals surface area contributed by atoms with Crippen molar-refractivity contribution in [3.63, 3.8) is 0 Å². The van der Waals surface area contributed by atoms with Crippen LogP contribution in [0.1, 0.15) is 71.3 Å². The first kappa shape index (κ1) is 32.4. The van der Waals surface area contributed by atoms with Crippen LogP contribution >= 0.6 is 11.8 Å². The summed E-state index contributed by atoms with van der Waals surface area (Å²) in [5.74, 6) is -1.23. The summed E-state index contributed by atoms with van der Waals surface area (Å²) in [4.78, 5) is 49.1. The third-order valence-corrected chi connectivity index (χ3v) is 9.64. The smallest absolute Gasteiger partial charge is 0.303 e. The zero-order valence-electron chi connectivity index (χ0n) is 25.0. The second kappa shape index (κ2) is 13.8. The van der Waals surface area contributed by atoms with Gasteiger partial charge in [0.05, 0.1) is 42.6 Å². The Bertz CT molecular complexity index is 1190. The van der Waals surface area contributed by atoms with E-state index in [0.29, 0.717) is 19.4 Å². The van der Waals surface area contributed by atoms with Crippen LogP contribution in [0.25, 0.3) is 0 Å². The highest BCUT2D eigenvalue weighted by Gasteiger charge is 2.71. The van der Waals surface area contributed by atoms with Crippen molar-refractivity contribution in [1.82, 2.24) is 5.32 Å². The lowest BCUT2D eigenvalue weighted by Crippen LogP contribution is -2.59. The number of benzene rings is 1. The number of carboxylic acids is 1. The molecule has 1 aliphatic carbocycles. The number of thioether (sulfide) groups is 1. The maximum atomic E-state index is 12.9. The van der Waals surface area contributed by atoms with Crippen molar-refractivity contribution in [1.29, 1.82) is 0 Å². The maximum Gasteiger partial charge on any atom is 0.303 e. The van der Waals surface area contributed by atoms with E-state index < -0.39 is 5.97 Å². The highest BCUT2D eigenvalue weighted by atomic mass is 32.2. The van der Waals surface area contributed by atoms with E-state index in [4.69, 9.17) is 19.3 Å². The SMILES string of the molecule is CO[C@@H]1[C@H](NC(=O)CC(=O)CSc2ccc(CC(=O)CCCC(=O)O)cc2)CC[C@]2(CO2)[C@H]1[C@]1(C)O[C@@H]1CC=C(C)C. The molecule has 2 heterocycles. The van der Waals surface area contributed by atoms with Gasteiger partial charge in [0.15, 0.2) is 5.78 Å². The number of carbonyl (C=O) groups excluding carboxylic acids is 3. The van der Waals surface area contributed by atoms with Crippen LogP contribution in [0.15, 0.2) is 40.8 Å². The van der Waals surface area contributed by atoms with Gasteiger partial charge < -0.3 is 24.6 Å². The zero-order chi connectivity index (χ0) is 30.5. The molecule has 4 rings (SSSR count). The molecule has 2 N–H and O–H groups in total. The molecule has 9 nitrogen and oxygen atoms in total. The van der Waals surface area contributed by atoms with Crippen LogP contribution in [0.5, 0.6) is 0 Å². The molecule has 1 aromatic rings. The Hall–Kier alpha value is -2.53. The van der Waals surface area contributed by atoms with Crippen LogP contribution < -0.4 is 5.32 Å². The number of methoxy groups -OCH3 is 1. The molecule has 0 unspecified atom stereocenters. The second-order valence-corrected chi connectivity index (χ2v) is 13.2. The standard InChI is InChI=1S/C32H43NO8S/c1-20(2)8-13-26-31(3,41-26)30-29(39-4)25(14-15-32(30)19-40-32)33-27(36)17-23(35)18-42-24-11-9-21(10-12-24)16-22(34)6-5-7-28(37)38/h8-12,25-26,29-30H,5-7,13-19H2,1-4H3,(H,33,36)(H,37,38)/t25-,26-,29-,30-,31-,32+/m1/s1. The molecule has 230 valence electrons. The Labute approximate surface area is 252 Å². The molecule has 1 amide bonds. The van der Waals surface area contributed by atoms with E-state index >= 15 is 0 Å². The van der Waals surface area contributed by atoms with E-state index in [0.717, 1.165) is 23.3 Å². The van der Waals surface area contributed by atoms with Crippen LogP contribution in [0.2, 0.25) is 0 Å². The number of Topliss-reactive ketones (excluding diaryl/α,β-unsaturated/α-hetero) is 2. The third-order valence-electron chi connectivity index (χ3n) is 8.57. The van der Waals surface area contributed by atoms with E-state index in [-0.39, 0.29) is 84.3 Å². The Balaban J connectivity index is 1.24. The number of allylic oxidation sites excluding steroid dienone is 1. The number of hydrogen-bond donors (Lipinski definition) is 2. The van der Waals surface area contributed by atoms with Gasteiger partial charge in [-0.2, -0.15) is 0 Å². The van der Waals surface area contributed by atoms with Crippen molar-refractivity contribution in [3.05, 3.63) is 41.5 Å². The minimum Gasteiger partial charge on any atom is -0.481 e. The van der Waals surface area contributed by atoms with E-state index in [1.54, 1.807) is 7.11 Å². The summed E-state index contributed by atoms with van der Waals surface area (Å²) in [6, 6.07) is 7.15. The van der Waals surface area contributed by atoms with Gasteiger partial charge in [-0.1, -0.05) is 23.8 Å². The number of aliphatic carboxylic acids is 1. The Morgan fingerprint density at radius 3 is 2.48 bits per heavy atom. The molecule has 0 aromatic heterocycles. The molecule has 0 radical (unpaired) electrons. The van der Waals surface area contributed by atoms with Gasteiger partial charge in [0.1, 0.15) is 11.4 Å². The molecule has 0 bridgehead atoms. The van der Waals surface area contributed by atoms with Gasteiger partial charge in [0, 0.05) is 37.2 Å². The van der Waals surface area contributed by atoms with Crippen molar-refractivity contribution in [2.45, 2.75) is 106 Å². The Morgan fingerprint density at radius 1 is 1.14 bits per heavy atom. The fourth-order valence-corrected chi connectivity index (χ4v) is 7.01. The van der Waals surface area contributed by atoms with Crippen LogP contribution in [0.4, 0.5) is 0 Å². The monoisotopic (exact) mass is 601 g/mol. The molecule has 1 aromatic carbocycles. The first-order valence-corrected chi connectivity index (χ1v) is 15.7.